The van der Waals surface area contributed by atoms with Crippen LogP contribution >= 0.6 is 0 Å². The topological polar surface area (TPSA) is 38.7 Å². The van der Waals surface area contributed by atoms with Crippen molar-refractivity contribution in [3.05, 3.63) is 0 Å². The molecule has 0 amide bonds. The fourth-order valence-corrected chi connectivity index (χ4v) is 0.642. The van der Waals surface area contributed by atoms with E-state index in [-0.39, 0.29) is 12.9 Å². The van der Waals surface area contributed by atoms with Gasteiger partial charge in [-0.3, -0.25) is 0 Å². The number of rotatable bonds is 1. The van der Waals surface area contributed by atoms with E-state index in [9.17, 15) is 0 Å². The summed E-state index contributed by atoms with van der Waals surface area (Å²) in [6.45, 7) is 1.40. The van der Waals surface area contributed by atoms with Crippen LogP contribution in [-0.4, -0.2) is 31.2 Å². The van der Waals surface area contributed by atoms with Crippen LogP contribution in [0.4, 0.5) is 0 Å². The van der Waals surface area contributed by atoms with Gasteiger partial charge >= 0.3 is 0 Å². The fourth-order valence-electron chi connectivity index (χ4n) is 0.642. The summed E-state index contributed by atoms with van der Waals surface area (Å²) in [4.78, 5) is 0. The van der Waals surface area contributed by atoms with Crippen molar-refractivity contribution >= 4 is 0 Å². The Labute approximate surface area is 48.2 Å². The molecule has 3 nitrogen and oxygen atoms in total. The molecule has 0 unspecified atom stereocenters. The second-order valence-electron chi connectivity index (χ2n) is 1.71. The van der Waals surface area contributed by atoms with Crippen molar-refractivity contribution in [2.75, 3.05) is 19.8 Å². The highest BCUT2D eigenvalue weighted by Crippen LogP contribution is 2.02. The van der Waals surface area contributed by atoms with Gasteiger partial charge in [-0.1, -0.05) is 0 Å². The van der Waals surface area contributed by atoms with Crippen LogP contribution < -0.4 is 0 Å². The zero-order chi connectivity index (χ0) is 5.82. The number of aliphatic hydroxyl groups is 1. The Balaban J connectivity index is 2.13. The normalized spacial score (nSPS) is 23.6. The Morgan fingerprint density at radius 3 is 2.38 bits per heavy atom. The molecular weight excluding hydrogens is 108 g/mol. The highest BCUT2D eigenvalue weighted by atomic mass is 16.7. The monoisotopic (exact) mass is 118 g/mol. The van der Waals surface area contributed by atoms with E-state index in [1.807, 2.05) is 0 Å². The standard InChI is InChI=1S/C5H10O3/c6-4-5-7-2-1-3-8-5/h5-6H,1-4H2. The molecule has 8 heavy (non-hydrogen) atoms. The molecule has 0 aromatic rings. The summed E-state index contributed by atoms with van der Waals surface area (Å²) in [5, 5.41) is 8.44. The Kier molecular flexibility index (Phi) is 2.27. The molecule has 1 heterocycles. The lowest BCUT2D eigenvalue weighted by atomic mass is 10.4. The van der Waals surface area contributed by atoms with Crippen LogP contribution in [0.5, 0.6) is 0 Å². The van der Waals surface area contributed by atoms with Crippen molar-refractivity contribution in [1.82, 2.24) is 0 Å². The minimum atomic E-state index is -0.358. The molecule has 0 atom stereocenters. The van der Waals surface area contributed by atoms with Gasteiger partial charge in [0.05, 0.1) is 19.8 Å². The molecule has 3 heteroatoms. The van der Waals surface area contributed by atoms with Crippen LogP contribution in [0.15, 0.2) is 0 Å². The Morgan fingerprint density at radius 2 is 2.00 bits per heavy atom. The largest absolute Gasteiger partial charge is 0.391 e. The predicted molar refractivity (Wildman–Crippen MR) is 27.4 cm³/mol. The van der Waals surface area contributed by atoms with Gasteiger partial charge in [-0.05, 0) is 6.42 Å². The third kappa shape index (κ3) is 1.43. The van der Waals surface area contributed by atoms with Crippen LogP contribution in [0.25, 0.3) is 0 Å². The molecule has 0 spiro atoms. The highest BCUT2D eigenvalue weighted by Gasteiger charge is 2.10. The van der Waals surface area contributed by atoms with Crippen molar-refractivity contribution < 1.29 is 14.6 Å². The molecule has 0 aromatic heterocycles. The first-order valence-corrected chi connectivity index (χ1v) is 2.77. The SMILES string of the molecule is OCC1OCCCO1. The molecule has 0 aliphatic carbocycles. The maximum absolute atomic E-state index is 8.44. The Bertz CT molecular complexity index is 58.7. The van der Waals surface area contributed by atoms with E-state index in [1.165, 1.54) is 0 Å². The average molecular weight is 118 g/mol. The van der Waals surface area contributed by atoms with E-state index in [1.54, 1.807) is 0 Å². The second kappa shape index (κ2) is 3.02. The molecule has 0 saturated carbocycles. The molecule has 0 radical (unpaired) electrons. The average Bonchev–Trinajstić information content (AvgIpc) is 1.90. The van der Waals surface area contributed by atoms with E-state index in [0.717, 1.165) is 6.42 Å². The van der Waals surface area contributed by atoms with Gasteiger partial charge in [-0.25, -0.2) is 0 Å². The minimum absolute atomic E-state index is 0.0278. The van der Waals surface area contributed by atoms with E-state index in [0.29, 0.717) is 13.2 Å². The Hall–Kier alpha value is -0.120. The van der Waals surface area contributed by atoms with E-state index >= 15 is 0 Å². The fraction of sp³-hybridized carbons (Fsp3) is 1.00. The molecule has 1 fully saturated rings. The van der Waals surface area contributed by atoms with Crippen molar-refractivity contribution in [1.29, 1.82) is 0 Å². The van der Waals surface area contributed by atoms with Gasteiger partial charge in [0, 0.05) is 0 Å². The van der Waals surface area contributed by atoms with Crippen LogP contribution in [0, 0.1) is 0 Å². The summed E-state index contributed by atoms with van der Waals surface area (Å²) >= 11 is 0. The van der Waals surface area contributed by atoms with Crippen LogP contribution in [0.1, 0.15) is 6.42 Å². The summed E-state index contributed by atoms with van der Waals surface area (Å²) in [6.07, 6.45) is 0.583. The molecule has 1 N–H and O–H groups in total. The molecule has 0 aromatic carbocycles. The van der Waals surface area contributed by atoms with Crippen molar-refractivity contribution in [2.45, 2.75) is 12.7 Å². The molecule has 0 bridgehead atoms. The van der Waals surface area contributed by atoms with Gasteiger partial charge in [0.1, 0.15) is 0 Å². The van der Waals surface area contributed by atoms with E-state index in [2.05, 4.69) is 0 Å². The first-order valence-electron chi connectivity index (χ1n) is 2.77. The van der Waals surface area contributed by atoms with Crippen molar-refractivity contribution in [3.63, 3.8) is 0 Å². The molecule has 48 valence electrons. The second-order valence-corrected chi connectivity index (χ2v) is 1.71. The van der Waals surface area contributed by atoms with Gasteiger partial charge in [-0.15, -0.1) is 0 Å². The maximum atomic E-state index is 8.44. The zero-order valence-electron chi connectivity index (χ0n) is 4.67. The summed E-state index contributed by atoms with van der Waals surface area (Å²) < 4.78 is 9.91. The third-order valence-corrected chi connectivity index (χ3v) is 1.05. The molecular formula is C5H10O3. The smallest absolute Gasteiger partial charge is 0.180 e. The van der Waals surface area contributed by atoms with Crippen LogP contribution in [0.3, 0.4) is 0 Å². The lowest BCUT2D eigenvalue weighted by molar-refractivity contribution is -0.194. The van der Waals surface area contributed by atoms with E-state index in [4.69, 9.17) is 14.6 Å². The van der Waals surface area contributed by atoms with Gasteiger partial charge in [0.2, 0.25) is 0 Å². The minimum Gasteiger partial charge on any atom is -0.391 e. The van der Waals surface area contributed by atoms with Crippen LogP contribution in [0.2, 0.25) is 0 Å². The van der Waals surface area contributed by atoms with Gasteiger partial charge in [0.25, 0.3) is 0 Å². The molecule has 1 aliphatic rings. The highest BCUT2D eigenvalue weighted by molar-refractivity contribution is 4.47. The first kappa shape index (κ1) is 6.01. The molecule has 1 rings (SSSR count). The van der Waals surface area contributed by atoms with Gasteiger partial charge in [0.15, 0.2) is 6.29 Å². The molecule has 1 aliphatic heterocycles. The molecule has 1 saturated heterocycles. The first-order chi connectivity index (χ1) is 3.93. The lowest BCUT2D eigenvalue weighted by Crippen LogP contribution is -2.27. The summed E-state index contributed by atoms with van der Waals surface area (Å²) in [6, 6.07) is 0. The van der Waals surface area contributed by atoms with Crippen molar-refractivity contribution in [2.24, 2.45) is 0 Å². The number of hydrogen-bond acceptors (Lipinski definition) is 3. The maximum Gasteiger partial charge on any atom is 0.180 e. The van der Waals surface area contributed by atoms with Crippen LogP contribution in [-0.2, 0) is 9.47 Å². The van der Waals surface area contributed by atoms with Gasteiger partial charge < -0.3 is 14.6 Å². The van der Waals surface area contributed by atoms with E-state index < -0.39 is 0 Å². The summed E-state index contributed by atoms with van der Waals surface area (Å²) in [7, 11) is 0. The quantitative estimate of drug-likeness (QED) is 0.515. The Morgan fingerprint density at radius 1 is 1.38 bits per heavy atom. The zero-order valence-corrected chi connectivity index (χ0v) is 4.67. The summed E-state index contributed by atoms with van der Waals surface area (Å²) in [5.41, 5.74) is 0. The lowest BCUT2D eigenvalue weighted by Gasteiger charge is -2.20. The third-order valence-electron chi connectivity index (χ3n) is 1.05. The van der Waals surface area contributed by atoms with Crippen molar-refractivity contribution in [3.8, 4) is 0 Å². The summed E-state index contributed by atoms with van der Waals surface area (Å²) in [5.74, 6) is 0. The number of ether oxygens (including phenoxy) is 2. The van der Waals surface area contributed by atoms with Gasteiger partial charge in [-0.2, -0.15) is 0 Å². The number of hydrogen-bond donors (Lipinski definition) is 1. The number of aliphatic hydroxyl groups excluding tert-OH is 1. The predicted octanol–water partition coefficient (Wildman–Crippen LogP) is -0.258.